The minimum atomic E-state index is -3.91. The molecule has 0 saturated carbocycles. The van der Waals surface area contributed by atoms with Crippen LogP contribution in [0.2, 0.25) is 0 Å². The van der Waals surface area contributed by atoms with Crippen molar-refractivity contribution in [3.63, 3.8) is 0 Å². The second kappa shape index (κ2) is 12.6. The largest absolute Gasteiger partial charge is 0.490 e. The molecule has 0 aliphatic carbocycles. The summed E-state index contributed by atoms with van der Waals surface area (Å²) in [6.45, 7) is 0.640. The molecule has 0 radical (unpaired) electrons. The highest BCUT2D eigenvalue weighted by Gasteiger charge is 2.17. The Bertz CT molecular complexity index is 1340. The van der Waals surface area contributed by atoms with Crippen LogP contribution in [0, 0.1) is 0 Å². The van der Waals surface area contributed by atoms with Gasteiger partial charge in [-0.3, -0.25) is 14.8 Å². The first-order valence-electron chi connectivity index (χ1n) is 10.2. The van der Waals surface area contributed by atoms with Gasteiger partial charge in [-0.25, -0.2) is 18.4 Å². The molecule has 0 unspecified atom stereocenters. The van der Waals surface area contributed by atoms with E-state index in [1.165, 1.54) is 43.8 Å². The molecule has 3 N–H and O–H groups in total. The van der Waals surface area contributed by atoms with Crippen molar-refractivity contribution >= 4 is 60.7 Å². The molecule has 11 nitrogen and oxygen atoms in total. The highest BCUT2D eigenvalue weighted by atomic mass is 79.9. The van der Waals surface area contributed by atoms with Crippen molar-refractivity contribution in [2.75, 3.05) is 37.5 Å². The number of nitrogens with zero attached hydrogens (tertiary/aromatic N) is 2. The third-order valence-electron chi connectivity index (χ3n) is 4.47. The second-order valence-electron chi connectivity index (χ2n) is 6.97. The molecule has 0 saturated heterocycles. The molecule has 1 aromatic heterocycles. The highest BCUT2D eigenvalue weighted by Crippen LogP contribution is 2.24. The molecule has 190 valence electrons. The lowest BCUT2D eigenvalue weighted by Crippen LogP contribution is -2.34. The summed E-state index contributed by atoms with van der Waals surface area (Å²) in [4.78, 5) is 20.5. The molecule has 1 heterocycles. The van der Waals surface area contributed by atoms with Crippen molar-refractivity contribution < 1.29 is 27.4 Å². The fraction of sp³-hybridized carbons (Fsp3) is 0.182. The summed E-state index contributed by atoms with van der Waals surface area (Å²) in [6, 6.07) is 12.1. The van der Waals surface area contributed by atoms with E-state index in [2.05, 4.69) is 41.3 Å². The van der Waals surface area contributed by atoms with Gasteiger partial charge in [0.05, 0.1) is 24.2 Å². The molecule has 0 aliphatic rings. The highest BCUT2D eigenvalue weighted by molar-refractivity contribution is 9.10. The Morgan fingerprint density at radius 3 is 2.50 bits per heavy atom. The summed E-state index contributed by atoms with van der Waals surface area (Å²) < 4.78 is 43.9. The van der Waals surface area contributed by atoms with Crippen LogP contribution in [-0.4, -0.2) is 56.8 Å². The minimum Gasteiger partial charge on any atom is -0.490 e. The van der Waals surface area contributed by atoms with E-state index in [9.17, 15) is 13.2 Å². The zero-order valence-electron chi connectivity index (χ0n) is 19.1. The fourth-order valence-corrected chi connectivity index (χ4v) is 4.37. The first kappa shape index (κ1) is 27.3. The molecule has 0 spiro atoms. The zero-order valence-corrected chi connectivity index (χ0v) is 22.4. The number of halogens is 1. The van der Waals surface area contributed by atoms with Crippen LogP contribution in [0.25, 0.3) is 0 Å². The Kier molecular flexibility index (Phi) is 9.52. The first-order valence-corrected chi connectivity index (χ1v) is 12.9. The number of rotatable bonds is 10. The van der Waals surface area contributed by atoms with E-state index in [0.29, 0.717) is 22.5 Å². The predicted molar refractivity (Wildman–Crippen MR) is 141 cm³/mol. The number of methoxy groups -OCH3 is 2. The van der Waals surface area contributed by atoms with Gasteiger partial charge in [0, 0.05) is 23.3 Å². The Labute approximate surface area is 221 Å². The summed E-state index contributed by atoms with van der Waals surface area (Å²) in [5, 5.41) is 5.45. The van der Waals surface area contributed by atoms with Crippen LogP contribution in [-0.2, 0) is 14.8 Å². The minimum absolute atomic E-state index is 0.00688. The number of hydrogen-bond donors (Lipinski definition) is 3. The number of carbonyl (C=O) groups excluding carboxylic acids is 1. The Hall–Kier alpha value is -3.33. The summed E-state index contributed by atoms with van der Waals surface area (Å²) in [7, 11) is -0.948. The molecular weight excluding hydrogens is 574 g/mol. The predicted octanol–water partition coefficient (Wildman–Crippen LogP) is 3.20. The van der Waals surface area contributed by atoms with E-state index in [4.69, 9.17) is 26.4 Å². The fourth-order valence-electron chi connectivity index (χ4n) is 2.79. The summed E-state index contributed by atoms with van der Waals surface area (Å²) in [6.07, 6.45) is 1.18. The number of sulfonamides is 1. The van der Waals surface area contributed by atoms with Gasteiger partial charge in [0.25, 0.3) is 15.9 Å². The summed E-state index contributed by atoms with van der Waals surface area (Å²) >= 11 is 8.58. The van der Waals surface area contributed by atoms with Crippen molar-refractivity contribution in [3.05, 3.63) is 64.9 Å². The molecule has 1 amide bonds. The van der Waals surface area contributed by atoms with Gasteiger partial charge in [0.1, 0.15) is 24.5 Å². The Morgan fingerprint density at radius 1 is 1.06 bits per heavy atom. The van der Waals surface area contributed by atoms with Gasteiger partial charge in [-0.05, 0) is 54.7 Å². The number of benzene rings is 2. The van der Waals surface area contributed by atoms with Gasteiger partial charge >= 0.3 is 0 Å². The average molecular weight is 596 g/mol. The van der Waals surface area contributed by atoms with Crippen LogP contribution in [0.15, 0.2) is 64.2 Å². The molecule has 0 aliphatic heterocycles. The zero-order chi connectivity index (χ0) is 26.1. The van der Waals surface area contributed by atoms with E-state index >= 15 is 0 Å². The molecule has 0 fully saturated rings. The monoisotopic (exact) mass is 595 g/mol. The van der Waals surface area contributed by atoms with Crippen LogP contribution in [0.4, 0.5) is 11.5 Å². The number of aromatic nitrogens is 2. The smallest absolute Gasteiger partial charge is 0.263 e. The van der Waals surface area contributed by atoms with Crippen molar-refractivity contribution in [3.8, 4) is 11.6 Å². The maximum Gasteiger partial charge on any atom is 0.263 e. The second-order valence-corrected chi connectivity index (χ2v) is 9.97. The van der Waals surface area contributed by atoms with Crippen LogP contribution < -0.4 is 24.8 Å². The first-order chi connectivity index (χ1) is 17.2. The molecule has 2 aromatic carbocycles. The molecule has 0 atom stereocenters. The number of anilines is 2. The van der Waals surface area contributed by atoms with Crippen molar-refractivity contribution in [1.82, 2.24) is 15.3 Å². The number of amides is 1. The maximum atomic E-state index is 12.8. The number of hydrogen-bond acceptors (Lipinski definition) is 9. The van der Waals surface area contributed by atoms with E-state index in [1.54, 1.807) is 25.3 Å². The van der Waals surface area contributed by atoms with Gasteiger partial charge in [0.15, 0.2) is 5.11 Å². The molecule has 3 rings (SSSR count). The average Bonchev–Trinajstić information content (AvgIpc) is 2.85. The van der Waals surface area contributed by atoms with Crippen LogP contribution >= 0.6 is 28.1 Å². The molecule has 3 aromatic rings. The van der Waals surface area contributed by atoms with Crippen molar-refractivity contribution in [2.45, 2.75) is 4.90 Å². The van der Waals surface area contributed by atoms with Crippen LogP contribution in [0.1, 0.15) is 10.4 Å². The number of ether oxygens (including phenoxy) is 3. The van der Waals surface area contributed by atoms with Gasteiger partial charge in [0.2, 0.25) is 5.88 Å². The lowest BCUT2D eigenvalue weighted by molar-refractivity contribution is 0.0969. The van der Waals surface area contributed by atoms with Gasteiger partial charge in [-0.15, -0.1) is 0 Å². The van der Waals surface area contributed by atoms with Gasteiger partial charge in [-0.1, -0.05) is 15.9 Å². The van der Waals surface area contributed by atoms with E-state index in [1.807, 2.05) is 0 Å². The number of carbonyl (C=O) groups is 1. The molecule has 14 heteroatoms. The molecule has 0 bridgehead atoms. The normalized spacial score (nSPS) is 10.9. The summed E-state index contributed by atoms with van der Waals surface area (Å²) in [5.74, 6) is 0.171. The van der Waals surface area contributed by atoms with Gasteiger partial charge in [-0.2, -0.15) is 0 Å². The lowest BCUT2D eigenvalue weighted by atomic mass is 10.2. The van der Waals surface area contributed by atoms with E-state index in [-0.39, 0.29) is 33.9 Å². The SMILES string of the molecule is COCCOc1ccc(Br)cc1C(=O)NC(=S)Nc1ccc(S(=O)(=O)Nc2cc(OC)ncn2)cc1. The Balaban J connectivity index is 1.64. The lowest BCUT2D eigenvalue weighted by Gasteiger charge is -2.14. The number of nitrogens with one attached hydrogen (secondary N) is 3. The third-order valence-corrected chi connectivity index (χ3v) is 6.54. The van der Waals surface area contributed by atoms with Gasteiger partial charge < -0.3 is 19.5 Å². The Morgan fingerprint density at radius 2 is 1.81 bits per heavy atom. The summed E-state index contributed by atoms with van der Waals surface area (Å²) in [5.41, 5.74) is 0.743. The standard InChI is InChI=1S/C22H22BrN5O6S2/c1-32-9-10-34-18-8-3-14(23)11-17(18)21(29)27-22(35)26-15-4-6-16(7-5-15)36(30,31)28-19-12-20(33-2)25-13-24-19/h3-8,11-13H,9-10H2,1-2H3,(H,24,25,28)(H2,26,27,29,35). The van der Waals surface area contributed by atoms with Crippen LogP contribution in [0.3, 0.4) is 0 Å². The van der Waals surface area contributed by atoms with Crippen LogP contribution in [0.5, 0.6) is 11.6 Å². The maximum absolute atomic E-state index is 12.8. The quantitative estimate of drug-likeness (QED) is 0.236. The van der Waals surface area contributed by atoms with Crippen molar-refractivity contribution in [2.24, 2.45) is 0 Å². The molecule has 36 heavy (non-hydrogen) atoms. The van der Waals surface area contributed by atoms with E-state index in [0.717, 1.165) is 0 Å². The number of thiocarbonyl (C=S) groups is 1. The van der Waals surface area contributed by atoms with E-state index < -0.39 is 15.9 Å². The molecular formula is C22H22BrN5O6S2. The van der Waals surface area contributed by atoms with Crippen molar-refractivity contribution in [1.29, 1.82) is 0 Å². The third kappa shape index (κ3) is 7.58. The topological polar surface area (TPSA) is 141 Å².